The van der Waals surface area contributed by atoms with Gasteiger partial charge in [-0.25, -0.2) is 18.5 Å². The lowest BCUT2D eigenvalue weighted by Gasteiger charge is -2.06. The molecule has 0 aliphatic rings. The molecule has 5 N–H and O–H groups in total. The van der Waals surface area contributed by atoms with E-state index in [1.165, 1.54) is 23.7 Å². The van der Waals surface area contributed by atoms with Gasteiger partial charge in [0, 0.05) is 18.3 Å². The topological polar surface area (TPSA) is 132 Å². The molecular formula is C18H20N4O3S. The lowest BCUT2D eigenvalue weighted by molar-refractivity contribution is -0.112. The van der Waals surface area contributed by atoms with E-state index in [4.69, 9.17) is 5.73 Å². The quantitative estimate of drug-likeness (QED) is 0.638. The van der Waals surface area contributed by atoms with Crippen molar-refractivity contribution in [2.45, 2.75) is 12.5 Å². The number of imidazole rings is 1. The Hall–Kier alpha value is -2.81. The van der Waals surface area contributed by atoms with Crippen LogP contribution in [0.2, 0.25) is 0 Å². The van der Waals surface area contributed by atoms with E-state index in [9.17, 15) is 13.2 Å². The van der Waals surface area contributed by atoms with Gasteiger partial charge >= 0.3 is 0 Å². The Kier molecular flexibility index (Phi) is 6.79. The van der Waals surface area contributed by atoms with Crippen LogP contribution in [0.1, 0.15) is 5.69 Å². The van der Waals surface area contributed by atoms with Gasteiger partial charge in [0.25, 0.3) is 15.1 Å². The predicted molar refractivity (Wildman–Crippen MR) is 100 cm³/mol. The first-order chi connectivity index (χ1) is 12.4. The first-order valence-electron chi connectivity index (χ1n) is 7.78. The van der Waals surface area contributed by atoms with Crippen LogP contribution in [-0.2, 0) is 21.2 Å². The molecule has 3 rings (SSSR count). The number of nitrogens with zero attached hydrogens (tertiary/aromatic N) is 1. The molecule has 8 heteroatoms. The molecule has 3 aromatic rings. The highest BCUT2D eigenvalue weighted by Gasteiger charge is 2.24. The molecule has 0 fully saturated rings. The first-order valence-corrected chi connectivity index (χ1v) is 9.32. The number of hydrogen-bond acceptors (Lipinski definition) is 5. The summed E-state index contributed by atoms with van der Waals surface area (Å²) >= 11 is 0. The predicted octanol–water partition coefficient (Wildman–Crippen LogP) is 1.45. The van der Waals surface area contributed by atoms with Gasteiger partial charge in [-0.1, -0.05) is 60.7 Å². The molecule has 26 heavy (non-hydrogen) atoms. The minimum Gasteiger partial charge on any atom is -0.348 e. The molecule has 0 aliphatic heterocycles. The van der Waals surface area contributed by atoms with Crippen LogP contribution in [0.4, 0.5) is 0 Å². The maximum atomic E-state index is 11.0. The fraction of sp³-hybridized carbons (Fsp3) is 0.111. The number of carbonyl (C=O) groups excluding carboxylic acids is 1. The number of carbonyl (C=O) groups is 1. The molecule has 0 saturated heterocycles. The molecule has 7 nitrogen and oxygen atoms in total. The van der Waals surface area contributed by atoms with Crippen molar-refractivity contribution in [1.29, 1.82) is 0 Å². The Morgan fingerprint density at radius 2 is 1.50 bits per heavy atom. The maximum Gasteiger partial charge on any atom is 0.278 e. The third-order valence-corrected chi connectivity index (χ3v) is 4.32. The van der Waals surface area contributed by atoms with Crippen molar-refractivity contribution in [3.05, 3.63) is 78.9 Å². The van der Waals surface area contributed by atoms with Crippen molar-refractivity contribution in [1.82, 2.24) is 9.97 Å². The number of rotatable bonds is 4. The fourth-order valence-electron chi connectivity index (χ4n) is 2.19. The molecule has 1 aromatic heterocycles. The highest BCUT2D eigenvalue weighted by molar-refractivity contribution is 8.04. The normalized spacial score (nSPS) is 11.9. The summed E-state index contributed by atoms with van der Waals surface area (Å²) in [5, 5.41) is 3.45. The average molecular weight is 372 g/mol. The number of primary sulfonamides is 1. The summed E-state index contributed by atoms with van der Waals surface area (Å²) in [4.78, 5) is 17.4. The van der Waals surface area contributed by atoms with E-state index >= 15 is 0 Å². The minimum absolute atomic E-state index is 0.0647. The molecule has 0 unspecified atom stereocenters. The van der Waals surface area contributed by atoms with Gasteiger partial charge in [0.2, 0.25) is 0 Å². The molecule has 0 saturated carbocycles. The van der Waals surface area contributed by atoms with Crippen LogP contribution >= 0.6 is 0 Å². The van der Waals surface area contributed by atoms with E-state index in [2.05, 4.69) is 63.6 Å². The van der Waals surface area contributed by atoms with Crippen LogP contribution in [0, 0.1) is 0 Å². The van der Waals surface area contributed by atoms with Gasteiger partial charge in [0.1, 0.15) is 0 Å². The highest BCUT2D eigenvalue weighted by atomic mass is 32.2. The fourth-order valence-corrected chi connectivity index (χ4v) is 2.69. The van der Waals surface area contributed by atoms with Crippen LogP contribution in [0.15, 0.2) is 73.2 Å². The lowest BCUT2D eigenvalue weighted by atomic mass is 10.1. The second-order valence-electron chi connectivity index (χ2n) is 5.48. The van der Waals surface area contributed by atoms with Crippen LogP contribution in [0.5, 0.6) is 0 Å². The Balaban J connectivity index is 0.000000189. The number of hydrogen-bond donors (Lipinski definition) is 3. The molecule has 136 valence electrons. The van der Waals surface area contributed by atoms with Crippen molar-refractivity contribution in [2.75, 3.05) is 0 Å². The molecule has 2 aromatic carbocycles. The molecule has 0 spiro atoms. The van der Waals surface area contributed by atoms with E-state index in [0.29, 0.717) is 5.69 Å². The second-order valence-corrected chi connectivity index (χ2v) is 6.98. The van der Waals surface area contributed by atoms with E-state index in [-0.39, 0.29) is 6.42 Å². The van der Waals surface area contributed by atoms with Gasteiger partial charge in [-0.05, 0) is 11.1 Å². The number of nitrogens with one attached hydrogen (secondary N) is 1. The summed E-state index contributed by atoms with van der Waals surface area (Å²) in [5.41, 5.74) is 8.47. The van der Waals surface area contributed by atoms with Crippen molar-refractivity contribution in [2.24, 2.45) is 10.9 Å². The second kappa shape index (κ2) is 9.04. The monoisotopic (exact) mass is 372 g/mol. The number of benzene rings is 2. The summed E-state index contributed by atoms with van der Waals surface area (Å²) in [6, 6.07) is 19.6. The standard InChI is InChI=1S/C12H10.C6H10N4O3S/c1-3-7-11(8-4-1)12-9-5-2-6-10-12;7-5(6(11)14(8,12)13)1-4-2-9-3-10-4/h1-10H;2-3,5H,1,7H2,(H,9,10)(H2,8,12,13)/t;5-/m.0/s1. The Bertz CT molecular complexity index is 874. The van der Waals surface area contributed by atoms with E-state index in [1.807, 2.05) is 12.1 Å². The van der Waals surface area contributed by atoms with Crippen molar-refractivity contribution < 1.29 is 13.2 Å². The molecule has 0 aliphatic carbocycles. The minimum atomic E-state index is -4.20. The summed E-state index contributed by atoms with van der Waals surface area (Å²) < 4.78 is 21.2. The van der Waals surface area contributed by atoms with Gasteiger partial charge in [0.15, 0.2) is 0 Å². The molecule has 0 amide bonds. The van der Waals surface area contributed by atoms with Crippen LogP contribution in [0.25, 0.3) is 11.1 Å². The van der Waals surface area contributed by atoms with Crippen LogP contribution in [0.3, 0.4) is 0 Å². The zero-order chi connectivity index (χ0) is 19.0. The van der Waals surface area contributed by atoms with Gasteiger partial charge < -0.3 is 10.7 Å². The summed E-state index contributed by atoms with van der Waals surface area (Å²) in [5.74, 6) is 0. The Morgan fingerprint density at radius 3 is 1.88 bits per heavy atom. The van der Waals surface area contributed by atoms with Crippen molar-refractivity contribution >= 4 is 15.1 Å². The third-order valence-electron chi connectivity index (χ3n) is 3.46. The molecule has 1 atom stereocenters. The summed E-state index contributed by atoms with van der Waals surface area (Å²) in [7, 11) is -4.20. The SMILES string of the molecule is N[C@@H](Cc1cnc[nH]1)C(=O)S(N)(=O)=O.c1ccc(-c2ccccc2)cc1. The number of aromatic nitrogens is 2. The molecule has 0 radical (unpaired) electrons. The largest absolute Gasteiger partial charge is 0.348 e. The zero-order valence-electron chi connectivity index (χ0n) is 13.9. The van der Waals surface area contributed by atoms with E-state index in [1.54, 1.807) is 0 Å². The maximum absolute atomic E-state index is 11.0. The summed E-state index contributed by atoms with van der Waals surface area (Å²) in [6.45, 7) is 0. The van der Waals surface area contributed by atoms with E-state index < -0.39 is 21.2 Å². The first kappa shape index (κ1) is 19.5. The van der Waals surface area contributed by atoms with Gasteiger partial charge in [-0.15, -0.1) is 0 Å². The van der Waals surface area contributed by atoms with Gasteiger partial charge in [0.05, 0.1) is 12.4 Å². The summed E-state index contributed by atoms with van der Waals surface area (Å²) in [6.07, 6.45) is 2.93. The van der Waals surface area contributed by atoms with Crippen LogP contribution in [-0.4, -0.2) is 29.5 Å². The van der Waals surface area contributed by atoms with E-state index in [0.717, 1.165) is 0 Å². The zero-order valence-corrected chi connectivity index (χ0v) is 14.8. The Morgan fingerprint density at radius 1 is 1.00 bits per heavy atom. The number of nitrogens with two attached hydrogens (primary N) is 2. The lowest BCUT2D eigenvalue weighted by Crippen LogP contribution is -2.40. The molecular weight excluding hydrogens is 352 g/mol. The Labute approximate surface area is 152 Å². The number of aromatic amines is 1. The smallest absolute Gasteiger partial charge is 0.278 e. The highest BCUT2D eigenvalue weighted by Crippen LogP contribution is 2.17. The third kappa shape index (κ3) is 5.92. The van der Waals surface area contributed by atoms with Crippen LogP contribution < -0.4 is 10.9 Å². The number of sulfonamides is 1. The average Bonchev–Trinajstić information content (AvgIpc) is 3.15. The molecule has 1 heterocycles. The van der Waals surface area contributed by atoms with Crippen molar-refractivity contribution in [3.63, 3.8) is 0 Å². The van der Waals surface area contributed by atoms with Gasteiger partial charge in [-0.2, -0.15) is 0 Å². The molecule has 0 bridgehead atoms. The number of H-pyrrole nitrogens is 1. The van der Waals surface area contributed by atoms with Crippen molar-refractivity contribution in [3.8, 4) is 11.1 Å². The van der Waals surface area contributed by atoms with Gasteiger partial charge in [-0.3, -0.25) is 4.79 Å².